The van der Waals surface area contributed by atoms with Crippen LogP contribution >= 0.6 is 0 Å². The summed E-state index contributed by atoms with van der Waals surface area (Å²) in [7, 11) is 0. The van der Waals surface area contributed by atoms with Crippen molar-refractivity contribution >= 4 is 11.8 Å². The van der Waals surface area contributed by atoms with E-state index in [1.807, 2.05) is 0 Å². The molecule has 1 heterocycles. The molecule has 1 aliphatic carbocycles. The number of carboxylic acids is 1. The van der Waals surface area contributed by atoms with Gasteiger partial charge in [-0.05, 0) is 18.8 Å². The molecule has 0 spiro atoms. The molecule has 0 aromatic carbocycles. The summed E-state index contributed by atoms with van der Waals surface area (Å²) in [4.78, 5) is 12.3. The minimum absolute atomic E-state index is 0.0263. The first-order valence-electron chi connectivity index (χ1n) is 6.24. The summed E-state index contributed by atoms with van der Waals surface area (Å²) in [6.07, 6.45) is 0.480. The van der Waals surface area contributed by atoms with Gasteiger partial charge in [-0.2, -0.15) is 8.78 Å². The van der Waals surface area contributed by atoms with Crippen LogP contribution in [0.4, 0.5) is 8.78 Å². The van der Waals surface area contributed by atoms with Crippen LogP contribution in [0.3, 0.4) is 0 Å². The van der Waals surface area contributed by atoms with E-state index in [0.717, 1.165) is 0 Å². The van der Waals surface area contributed by atoms with Crippen molar-refractivity contribution in [1.82, 2.24) is 4.90 Å². The van der Waals surface area contributed by atoms with Gasteiger partial charge in [0.2, 0.25) is 0 Å². The zero-order chi connectivity index (χ0) is 14.2. The largest absolute Gasteiger partial charge is 0.481 e. The predicted molar refractivity (Wildman–Crippen MR) is 65.1 cm³/mol. The van der Waals surface area contributed by atoms with Gasteiger partial charge in [-0.15, -0.1) is 0 Å². The van der Waals surface area contributed by atoms with E-state index >= 15 is 0 Å². The van der Waals surface area contributed by atoms with E-state index in [2.05, 4.69) is 0 Å². The first-order chi connectivity index (χ1) is 8.81. The molecule has 0 aromatic rings. The molecule has 1 saturated heterocycles. The maximum atomic E-state index is 13.3. The summed E-state index contributed by atoms with van der Waals surface area (Å²) in [5.74, 6) is -3.88. The number of allylic oxidation sites excluding steroid dienone is 1. The Labute approximate surface area is 109 Å². The minimum atomic E-state index is -3.01. The standard InChI is InChI=1S/C12H17F2N3O2/c13-12(14)3-1-8(10(12)15)11(16)17-4-2-7(6-17)5-9(18)19/h7,16H,1-6,15H2,(H,18,19). The van der Waals surface area contributed by atoms with Gasteiger partial charge in [0.25, 0.3) is 5.92 Å². The third kappa shape index (κ3) is 2.69. The highest BCUT2D eigenvalue weighted by Gasteiger charge is 2.42. The molecule has 0 saturated carbocycles. The highest BCUT2D eigenvalue weighted by molar-refractivity contribution is 5.97. The SMILES string of the molecule is N=C(C1=C(N)C(F)(F)CC1)N1CCC(CC(=O)O)C1. The number of nitrogens with two attached hydrogens (primary N) is 1. The average Bonchev–Trinajstić information content (AvgIpc) is 2.85. The van der Waals surface area contributed by atoms with Gasteiger partial charge in [0.05, 0.1) is 5.70 Å². The normalized spacial score (nSPS) is 26.0. The van der Waals surface area contributed by atoms with Crippen molar-refractivity contribution < 1.29 is 18.7 Å². The Bertz CT molecular complexity index is 448. The Morgan fingerprint density at radius 3 is 2.79 bits per heavy atom. The molecule has 4 N–H and O–H groups in total. The molecule has 1 aliphatic heterocycles. The van der Waals surface area contributed by atoms with Crippen molar-refractivity contribution in [3.8, 4) is 0 Å². The Kier molecular flexibility index (Phi) is 3.47. The van der Waals surface area contributed by atoms with Crippen LogP contribution in [0.2, 0.25) is 0 Å². The lowest BCUT2D eigenvalue weighted by Crippen LogP contribution is -2.31. The van der Waals surface area contributed by atoms with Crippen LogP contribution in [0.1, 0.15) is 25.7 Å². The summed E-state index contributed by atoms with van der Waals surface area (Å²) < 4.78 is 26.6. The summed E-state index contributed by atoms with van der Waals surface area (Å²) in [5.41, 5.74) is 5.12. The van der Waals surface area contributed by atoms with Gasteiger partial charge in [0, 0.05) is 31.5 Å². The van der Waals surface area contributed by atoms with E-state index < -0.39 is 17.6 Å². The van der Waals surface area contributed by atoms with Crippen LogP contribution in [0.25, 0.3) is 0 Å². The predicted octanol–water partition coefficient (Wildman–Crippen LogP) is 1.40. The van der Waals surface area contributed by atoms with Crippen molar-refractivity contribution in [2.45, 2.75) is 31.6 Å². The smallest absolute Gasteiger partial charge is 0.303 e. The molecule has 0 bridgehead atoms. The molecule has 0 aromatic heterocycles. The Morgan fingerprint density at radius 1 is 1.58 bits per heavy atom. The number of halogens is 2. The third-order valence-electron chi connectivity index (χ3n) is 3.76. The second-order valence-electron chi connectivity index (χ2n) is 5.14. The molecule has 5 nitrogen and oxygen atoms in total. The highest BCUT2D eigenvalue weighted by Crippen LogP contribution is 2.38. The van der Waals surface area contributed by atoms with Crippen LogP contribution in [-0.2, 0) is 4.79 Å². The van der Waals surface area contributed by atoms with Crippen molar-refractivity contribution in [3.05, 3.63) is 11.3 Å². The first kappa shape index (κ1) is 13.8. The number of rotatable bonds is 3. The Hall–Kier alpha value is -1.66. The number of alkyl halides is 2. The van der Waals surface area contributed by atoms with Crippen LogP contribution in [0, 0.1) is 11.3 Å². The maximum absolute atomic E-state index is 13.3. The molecule has 1 unspecified atom stereocenters. The number of carbonyl (C=O) groups is 1. The molecule has 0 amide bonds. The second kappa shape index (κ2) is 4.79. The molecular weight excluding hydrogens is 256 g/mol. The number of hydrogen-bond donors (Lipinski definition) is 3. The number of nitrogens with zero attached hydrogens (tertiary/aromatic N) is 1. The topological polar surface area (TPSA) is 90.4 Å². The molecule has 2 rings (SSSR count). The number of carboxylic acid groups (broad SMARTS) is 1. The van der Waals surface area contributed by atoms with Gasteiger partial charge < -0.3 is 15.7 Å². The molecule has 1 atom stereocenters. The quantitative estimate of drug-likeness (QED) is 0.535. The zero-order valence-electron chi connectivity index (χ0n) is 10.5. The number of aliphatic carboxylic acids is 1. The van der Waals surface area contributed by atoms with Crippen molar-refractivity contribution in [1.29, 1.82) is 5.41 Å². The number of nitrogens with one attached hydrogen (secondary N) is 1. The third-order valence-corrected chi connectivity index (χ3v) is 3.76. The van der Waals surface area contributed by atoms with Gasteiger partial charge in [-0.1, -0.05) is 0 Å². The Balaban J connectivity index is 2.03. The summed E-state index contributed by atoms with van der Waals surface area (Å²) in [6.45, 7) is 0.951. The molecule has 0 radical (unpaired) electrons. The van der Waals surface area contributed by atoms with Crippen LogP contribution < -0.4 is 5.73 Å². The number of likely N-dealkylation sites (tertiary alicyclic amines) is 1. The summed E-state index contributed by atoms with van der Waals surface area (Å²) >= 11 is 0. The lowest BCUT2D eigenvalue weighted by Gasteiger charge is -2.20. The van der Waals surface area contributed by atoms with E-state index in [-0.39, 0.29) is 36.6 Å². The minimum Gasteiger partial charge on any atom is -0.481 e. The van der Waals surface area contributed by atoms with Gasteiger partial charge in [-0.25, -0.2) is 0 Å². The van der Waals surface area contributed by atoms with E-state index in [4.69, 9.17) is 16.2 Å². The molecule has 1 fully saturated rings. The van der Waals surface area contributed by atoms with Crippen LogP contribution in [0.15, 0.2) is 11.3 Å². The molecule has 19 heavy (non-hydrogen) atoms. The maximum Gasteiger partial charge on any atom is 0.303 e. The molecular formula is C12H17F2N3O2. The summed E-state index contributed by atoms with van der Waals surface area (Å²) in [5, 5.41) is 16.7. The van der Waals surface area contributed by atoms with E-state index in [9.17, 15) is 13.6 Å². The fourth-order valence-corrected chi connectivity index (χ4v) is 2.66. The van der Waals surface area contributed by atoms with Crippen LogP contribution in [0.5, 0.6) is 0 Å². The van der Waals surface area contributed by atoms with Crippen LogP contribution in [-0.4, -0.2) is 40.8 Å². The second-order valence-corrected chi connectivity index (χ2v) is 5.14. The molecule has 7 heteroatoms. The molecule has 106 valence electrons. The number of amidine groups is 1. The van der Waals surface area contributed by atoms with Crippen molar-refractivity contribution in [2.24, 2.45) is 11.7 Å². The van der Waals surface area contributed by atoms with Gasteiger partial charge in [0.1, 0.15) is 5.84 Å². The monoisotopic (exact) mass is 273 g/mol. The van der Waals surface area contributed by atoms with Crippen molar-refractivity contribution in [2.75, 3.05) is 13.1 Å². The first-order valence-corrected chi connectivity index (χ1v) is 6.24. The Morgan fingerprint density at radius 2 is 2.26 bits per heavy atom. The van der Waals surface area contributed by atoms with Gasteiger partial charge in [-0.3, -0.25) is 10.2 Å². The fourth-order valence-electron chi connectivity index (χ4n) is 2.66. The highest BCUT2D eigenvalue weighted by atomic mass is 19.3. The van der Waals surface area contributed by atoms with E-state index in [1.165, 1.54) is 0 Å². The molecule has 2 aliphatic rings. The summed E-state index contributed by atoms with van der Waals surface area (Å²) in [6, 6.07) is 0. The number of hydrogen-bond acceptors (Lipinski definition) is 3. The lowest BCUT2D eigenvalue weighted by atomic mass is 10.1. The van der Waals surface area contributed by atoms with Crippen molar-refractivity contribution in [3.63, 3.8) is 0 Å². The zero-order valence-corrected chi connectivity index (χ0v) is 10.5. The average molecular weight is 273 g/mol. The van der Waals surface area contributed by atoms with Gasteiger partial charge in [0.15, 0.2) is 0 Å². The van der Waals surface area contributed by atoms with Gasteiger partial charge >= 0.3 is 5.97 Å². The van der Waals surface area contributed by atoms with E-state index in [1.54, 1.807) is 4.90 Å². The fraction of sp³-hybridized carbons (Fsp3) is 0.667. The lowest BCUT2D eigenvalue weighted by molar-refractivity contribution is -0.137. The van der Waals surface area contributed by atoms with E-state index in [0.29, 0.717) is 19.5 Å².